The molecular weight excluding hydrogens is 315 g/mol. The number of nitrogens with one attached hydrogen (secondary N) is 1. The molecule has 0 unspecified atom stereocenters. The highest BCUT2D eigenvalue weighted by Gasteiger charge is 2.25. The fourth-order valence-corrected chi connectivity index (χ4v) is 3.09. The first kappa shape index (κ1) is 15.3. The van der Waals surface area contributed by atoms with Gasteiger partial charge in [0.1, 0.15) is 5.82 Å². The quantitative estimate of drug-likeness (QED) is 0.556. The van der Waals surface area contributed by atoms with Gasteiger partial charge in [-0.1, -0.05) is 30.3 Å². The molecule has 0 aliphatic heterocycles. The van der Waals surface area contributed by atoms with Crippen LogP contribution in [0.2, 0.25) is 0 Å². The van der Waals surface area contributed by atoms with E-state index < -0.39 is 0 Å². The zero-order chi connectivity index (χ0) is 17.4. The van der Waals surface area contributed by atoms with E-state index >= 15 is 0 Å². The van der Waals surface area contributed by atoms with Crippen LogP contribution in [0.4, 0.5) is 15.8 Å². The Balaban J connectivity index is 1.89. The number of nitrogens with zero attached hydrogens (tertiary/aromatic N) is 1. The molecular formula is C21H15FN2O. The summed E-state index contributed by atoms with van der Waals surface area (Å²) in [6, 6.07) is 20.0. The SMILES string of the molecule is CC(=O)Nc1ccc2c(c1)C(=Nc1ccc(F)cc1)c1ccccc1-2. The van der Waals surface area contributed by atoms with Gasteiger partial charge in [0, 0.05) is 23.7 Å². The number of hydrogen-bond acceptors (Lipinski definition) is 2. The van der Waals surface area contributed by atoms with Crippen LogP contribution < -0.4 is 5.32 Å². The Hall–Kier alpha value is -3.27. The van der Waals surface area contributed by atoms with Crippen LogP contribution in [0.15, 0.2) is 71.7 Å². The van der Waals surface area contributed by atoms with Crippen LogP contribution in [0.25, 0.3) is 11.1 Å². The molecule has 1 N–H and O–H groups in total. The third-order valence-electron chi connectivity index (χ3n) is 4.13. The van der Waals surface area contributed by atoms with Crippen molar-refractivity contribution in [3.05, 3.63) is 83.7 Å². The Labute approximate surface area is 144 Å². The van der Waals surface area contributed by atoms with Gasteiger partial charge in [-0.25, -0.2) is 9.38 Å². The molecule has 0 fully saturated rings. The van der Waals surface area contributed by atoms with Crippen molar-refractivity contribution < 1.29 is 9.18 Å². The van der Waals surface area contributed by atoms with Gasteiger partial charge in [0.05, 0.1) is 11.4 Å². The molecule has 1 aliphatic rings. The molecule has 1 amide bonds. The molecule has 25 heavy (non-hydrogen) atoms. The third-order valence-corrected chi connectivity index (χ3v) is 4.13. The summed E-state index contributed by atoms with van der Waals surface area (Å²) in [6.07, 6.45) is 0. The molecule has 3 aromatic carbocycles. The minimum Gasteiger partial charge on any atom is -0.326 e. The maximum Gasteiger partial charge on any atom is 0.221 e. The van der Waals surface area contributed by atoms with Crippen LogP contribution in [0.3, 0.4) is 0 Å². The third kappa shape index (κ3) is 2.83. The number of benzene rings is 3. The second-order valence-corrected chi connectivity index (χ2v) is 5.92. The van der Waals surface area contributed by atoms with E-state index in [-0.39, 0.29) is 11.7 Å². The number of carbonyl (C=O) groups is 1. The zero-order valence-corrected chi connectivity index (χ0v) is 13.6. The summed E-state index contributed by atoms with van der Waals surface area (Å²) in [5, 5.41) is 2.81. The van der Waals surface area contributed by atoms with Crippen LogP contribution in [0.1, 0.15) is 18.1 Å². The lowest BCUT2D eigenvalue weighted by Gasteiger charge is -2.06. The first-order valence-electron chi connectivity index (χ1n) is 7.98. The first-order valence-corrected chi connectivity index (χ1v) is 7.98. The van der Waals surface area contributed by atoms with Gasteiger partial charge in [0.15, 0.2) is 0 Å². The maximum atomic E-state index is 13.2. The van der Waals surface area contributed by atoms with Crippen LogP contribution in [-0.2, 0) is 4.79 Å². The monoisotopic (exact) mass is 330 g/mol. The topological polar surface area (TPSA) is 41.5 Å². The number of aliphatic imine (C=N–C) groups is 1. The van der Waals surface area contributed by atoms with Crippen LogP contribution in [0.5, 0.6) is 0 Å². The maximum absolute atomic E-state index is 13.2. The van der Waals surface area contributed by atoms with Crippen molar-refractivity contribution in [2.75, 3.05) is 5.32 Å². The summed E-state index contributed by atoms with van der Waals surface area (Å²) < 4.78 is 13.2. The molecule has 4 heteroatoms. The largest absolute Gasteiger partial charge is 0.326 e. The number of hydrogen-bond donors (Lipinski definition) is 1. The fourth-order valence-electron chi connectivity index (χ4n) is 3.09. The Morgan fingerprint density at radius 1 is 0.880 bits per heavy atom. The van der Waals surface area contributed by atoms with E-state index in [9.17, 15) is 9.18 Å². The number of carbonyl (C=O) groups excluding carboxylic acids is 1. The standard InChI is InChI=1S/C21H15FN2O/c1-13(25)23-16-10-11-18-17-4-2-3-5-19(17)21(20(18)12-16)24-15-8-6-14(22)7-9-15/h2-12H,1H3,(H,23,25). The van der Waals surface area contributed by atoms with Crippen LogP contribution in [-0.4, -0.2) is 11.6 Å². The van der Waals surface area contributed by atoms with Crippen molar-refractivity contribution >= 4 is 23.0 Å². The molecule has 1 aliphatic carbocycles. The number of amides is 1. The summed E-state index contributed by atoms with van der Waals surface area (Å²) >= 11 is 0. The molecule has 0 spiro atoms. The minimum atomic E-state index is -0.288. The molecule has 0 aromatic heterocycles. The molecule has 0 saturated heterocycles. The van der Waals surface area contributed by atoms with Gasteiger partial charge >= 0.3 is 0 Å². The summed E-state index contributed by atoms with van der Waals surface area (Å²) in [6.45, 7) is 1.48. The van der Waals surface area contributed by atoms with Gasteiger partial charge in [-0.15, -0.1) is 0 Å². The highest BCUT2D eigenvalue weighted by atomic mass is 19.1. The lowest BCUT2D eigenvalue weighted by molar-refractivity contribution is -0.114. The van der Waals surface area contributed by atoms with Gasteiger partial charge in [0.2, 0.25) is 5.91 Å². The second kappa shape index (κ2) is 5.98. The average molecular weight is 330 g/mol. The predicted molar refractivity (Wildman–Crippen MR) is 97.9 cm³/mol. The van der Waals surface area contributed by atoms with Crippen molar-refractivity contribution in [3.8, 4) is 11.1 Å². The smallest absolute Gasteiger partial charge is 0.221 e. The van der Waals surface area contributed by atoms with Gasteiger partial charge < -0.3 is 5.32 Å². The number of halogens is 1. The van der Waals surface area contributed by atoms with Gasteiger partial charge in [-0.2, -0.15) is 0 Å². The minimum absolute atomic E-state index is 0.118. The van der Waals surface area contributed by atoms with Gasteiger partial charge in [0.25, 0.3) is 0 Å². The van der Waals surface area contributed by atoms with Crippen molar-refractivity contribution in [2.24, 2.45) is 4.99 Å². The van der Waals surface area contributed by atoms with E-state index in [0.717, 1.165) is 33.7 Å². The summed E-state index contributed by atoms with van der Waals surface area (Å²) in [5.74, 6) is -0.406. The Kier molecular flexibility index (Phi) is 3.65. The fraction of sp³-hybridized carbons (Fsp3) is 0.0476. The van der Waals surface area contributed by atoms with Gasteiger partial charge in [-0.3, -0.25) is 4.79 Å². The van der Waals surface area contributed by atoms with E-state index in [2.05, 4.69) is 11.4 Å². The molecule has 0 atom stereocenters. The molecule has 0 heterocycles. The van der Waals surface area contributed by atoms with Crippen molar-refractivity contribution in [3.63, 3.8) is 0 Å². The number of rotatable bonds is 2. The van der Waals surface area contributed by atoms with E-state index in [1.54, 1.807) is 12.1 Å². The number of fused-ring (bicyclic) bond motifs is 3. The molecule has 3 aromatic rings. The summed E-state index contributed by atoms with van der Waals surface area (Å²) in [7, 11) is 0. The lowest BCUT2D eigenvalue weighted by Crippen LogP contribution is -2.06. The molecule has 122 valence electrons. The molecule has 3 nitrogen and oxygen atoms in total. The molecule has 4 rings (SSSR count). The Morgan fingerprint density at radius 2 is 1.56 bits per heavy atom. The predicted octanol–water partition coefficient (Wildman–Crippen LogP) is 4.93. The highest BCUT2D eigenvalue weighted by molar-refractivity contribution is 6.25. The second-order valence-electron chi connectivity index (χ2n) is 5.92. The van der Waals surface area contributed by atoms with E-state index in [1.807, 2.05) is 36.4 Å². The van der Waals surface area contributed by atoms with Crippen LogP contribution in [0, 0.1) is 5.82 Å². The summed E-state index contributed by atoms with van der Waals surface area (Å²) in [5.41, 5.74) is 6.40. The first-order chi connectivity index (χ1) is 12.1. The van der Waals surface area contributed by atoms with Crippen molar-refractivity contribution in [1.82, 2.24) is 0 Å². The molecule has 0 saturated carbocycles. The summed E-state index contributed by atoms with van der Waals surface area (Å²) in [4.78, 5) is 16.1. The van der Waals surface area contributed by atoms with E-state index in [1.165, 1.54) is 19.1 Å². The Bertz CT molecular complexity index is 1010. The Morgan fingerprint density at radius 3 is 2.28 bits per heavy atom. The average Bonchev–Trinajstić information content (AvgIpc) is 2.90. The van der Waals surface area contributed by atoms with Crippen molar-refractivity contribution in [2.45, 2.75) is 6.92 Å². The normalized spacial score (nSPS) is 13.4. The molecule has 0 bridgehead atoms. The molecule has 0 radical (unpaired) electrons. The van der Waals surface area contributed by atoms with Crippen molar-refractivity contribution in [1.29, 1.82) is 0 Å². The van der Waals surface area contributed by atoms with Gasteiger partial charge in [-0.05, 0) is 47.5 Å². The van der Waals surface area contributed by atoms with E-state index in [4.69, 9.17) is 4.99 Å². The number of anilines is 1. The highest BCUT2D eigenvalue weighted by Crippen LogP contribution is 2.39. The van der Waals surface area contributed by atoms with Crippen LogP contribution >= 0.6 is 0 Å². The zero-order valence-electron chi connectivity index (χ0n) is 13.6. The lowest BCUT2D eigenvalue weighted by atomic mass is 10.1. The van der Waals surface area contributed by atoms with E-state index in [0.29, 0.717) is 5.69 Å².